The maximum Gasteiger partial charge on any atom is 0.246 e. The largest absolute Gasteiger partial charge is 0.379 e. The van der Waals surface area contributed by atoms with Crippen molar-refractivity contribution in [3.63, 3.8) is 0 Å². The lowest BCUT2D eigenvalue weighted by atomic mass is 9.93. The van der Waals surface area contributed by atoms with Crippen molar-refractivity contribution in [1.82, 2.24) is 26.4 Å². The van der Waals surface area contributed by atoms with E-state index in [1.807, 2.05) is 68.6 Å². The molecule has 1 heterocycles. The fraction of sp³-hybridized carbons (Fsp3) is 0.419. The third-order valence-corrected chi connectivity index (χ3v) is 7.56. The number of fused-ring (bicyclic) bond motifs is 1. The highest BCUT2D eigenvalue weighted by molar-refractivity contribution is 14.1. The van der Waals surface area contributed by atoms with Gasteiger partial charge in [-0.3, -0.25) is 24.4 Å². The Balaban J connectivity index is 1.50. The summed E-state index contributed by atoms with van der Waals surface area (Å²) in [5.41, 5.74) is 4.42. The smallest absolute Gasteiger partial charge is 0.246 e. The summed E-state index contributed by atoms with van der Waals surface area (Å²) < 4.78 is 6.67. The predicted octanol–water partition coefficient (Wildman–Crippen LogP) is 3.20. The molecule has 2 aromatic carbocycles. The monoisotopic (exact) mass is 705 g/mol. The van der Waals surface area contributed by atoms with Crippen LogP contribution in [0, 0.1) is 15.4 Å². The molecular weight excluding hydrogens is 665 g/mol. The molecule has 0 aliphatic heterocycles. The topological polar surface area (TPSA) is 162 Å². The van der Waals surface area contributed by atoms with Gasteiger partial charge >= 0.3 is 0 Å². The standard InChI is InChI=1S/C31H40IN5O6/c1-20(2)15-22(30(40)37-42)17-29(39)36-27(16-23-19-34-26-6-4-3-5-25(23)26)31(41)33-12-14-43-13-11-28(38)35-18-21-7-9-24(32)10-8-21/h3-10,19-20,22,27,34,42H,11-18H2,1-2H3,(H,33,41)(H,35,38)(H,36,39)(H,37,40)/t22-,27+/m1/s1. The molecule has 3 aromatic rings. The zero-order chi connectivity index (χ0) is 31.2. The molecule has 0 saturated heterocycles. The molecule has 12 heteroatoms. The van der Waals surface area contributed by atoms with Crippen molar-refractivity contribution in [3.8, 4) is 0 Å². The molecule has 0 saturated carbocycles. The van der Waals surface area contributed by atoms with Crippen molar-refractivity contribution < 1.29 is 29.1 Å². The molecule has 0 aliphatic rings. The number of hydroxylamine groups is 1. The summed E-state index contributed by atoms with van der Waals surface area (Å²) in [5, 5.41) is 18.5. The number of aromatic nitrogens is 1. The summed E-state index contributed by atoms with van der Waals surface area (Å²) >= 11 is 2.23. The third kappa shape index (κ3) is 11.6. The minimum Gasteiger partial charge on any atom is -0.379 e. The van der Waals surface area contributed by atoms with Crippen LogP contribution in [0.2, 0.25) is 0 Å². The first-order valence-electron chi connectivity index (χ1n) is 14.3. The highest BCUT2D eigenvalue weighted by Gasteiger charge is 2.27. The highest BCUT2D eigenvalue weighted by atomic mass is 127. The average molecular weight is 706 g/mol. The number of carbonyl (C=O) groups excluding carboxylic acids is 4. The maximum atomic E-state index is 13.2. The first-order valence-corrected chi connectivity index (χ1v) is 15.4. The summed E-state index contributed by atoms with van der Waals surface area (Å²) in [4.78, 5) is 53.6. The number of para-hydroxylation sites is 1. The molecule has 0 bridgehead atoms. The zero-order valence-corrected chi connectivity index (χ0v) is 26.6. The fourth-order valence-electron chi connectivity index (χ4n) is 4.68. The number of amides is 4. The van der Waals surface area contributed by atoms with Crippen LogP contribution in [0.5, 0.6) is 0 Å². The Kier molecular flexibility index (Phi) is 13.9. The molecule has 2 atom stereocenters. The quantitative estimate of drug-likeness (QED) is 0.0548. The van der Waals surface area contributed by atoms with Gasteiger partial charge in [-0.15, -0.1) is 0 Å². The van der Waals surface area contributed by atoms with Crippen LogP contribution in [-0.2, 0) is 36.9 Å². The number of nitrogens with one attached hydrogen (secondary N) is 5. The molecule has 11 nitrogen and oxygen atoms in total. The van der Waals surface area contributed by atoms with E-state index in [2.05, 4.69) is 43.5 Å². The first kappa shape index (κ1) is 34.0. The van der Waals surface area contributed by atoms with Gasteiger partial charge < -0.3 is 25.7 Å². The van der Waals surface area contributed by atoms with Crippen molar-refractivity contribution in [2.45, 2.75) is 52.1 Å². The molecule has 0 fully saturated rings. The molecule has 232 valence electrons. The van der Waals surface area contributed by atoms with Crippen LogP contribution < -0.4 is 21.4 Å². The van der Waals surface area contributed by atoms with E-state index in [1.54, 1.807) is 5.48 Å². The van der Waals surface area contributed by atoms with E-state index in [0.29, 0.717) is 13.0 Å². The van der Waals surface area contributed by atoms with Crippen molar-refractivity contribution in [1.29, 1.82) is 0 Å². The number of hydrogen-bond donors (Lipinski definition) is 6. The van der Waals surface area contributed by atoms with Crippen LogP contribution in [0.1, 0.15) is 44.2 Å². The number of benzene rings is 2. The van der Waals surface area contributed by atoms with Crippen LogP contribution in [0.3, 0.4) is 0 Å². The minimum absolute atomic E-state index is 0.124. The lowest BCUT2D eigenvalue weighted by molar-refractivity contribution is -0.137. The normalized spacial score (nSPS) is 12.5. The van der Waals surface area contributed by atoms with Gasteiger partial charge in [-0.2, -0.15) is 0 Å². The van der Waals surface area contributed by atoms with E-state index in [9.17, 15) is 19.2 Å². The van der Waals surface area contributed by atoms with Crippen molar-refractivity contribution in [3.05, 3.63) is 69.4 Å². The fourth-order valence-corrected chi connectivity index (χ4v) is 5.04. The van der Waals surface area contributed by atoms with E-state index in [-0.39, 0.29) is 50.8 Å². The van der Waals surface area contributed by atoms with E-state index in [1.165, 1.54) is 0 Å². The molecule has 1 aromatic heterocycles. The van der Waals surface area contributed by atoms with Crippen LogP contribution in [0.25, 0.3) is 10.9 Å². The summed E-state index contributed by atoms with van der Waals surface area (Å²) in [5.74, 6) is -2.24. The Hall–Kier alpha value is -3.49. The molecule has 6 N–H and O–H groups in total. The zero-order valence-electron chi connectivity index (χ0n) is 24.5. The second-order valence-electron chi connectivity index (χ2n) is 10.7. The number of hydrogen-bond acceptors (Lipinski definition) is 6. The number of ether oxygens (including phenoxy) is 1. The minimum atomic E-state index is -0.907. The summed E-state index contributed by atoms with van der Waals surface area (Å²) in [6.07, 6.45) is 2.46. The Morgan fingerprint density at radius 1 is 0.953 bits per heavy atom. The molecule has 0 spiro atoms. The molecule has 4 amide bonds. The molecule has 0 aliphatic carbocycles. The van der Waals surface area contributed by atoms with Gasteiger partial charge in [-0.1, -0.05) is 44.2 Å². The molecule has 0 radical (unpaired) electrons. The Bertz CT molecular complexity index is 1360. The van der Waals surface area contributed by atoms with Crippen LogP contribution in [0.4, 0.5) is 0 Å². The number of carbonyl (C=O) groups is 4. The molecule has 43 heavy (non-hydrogen) atoms. The molecule has 0 unspecified atom stereocenters. The van der Waals surface area contributed by atoms with Gasteiger partial charge in [-0.25, -0.2) is 5.48 Å². The van der Waals surface area contributed by atoms with Crippen molar-refractivity contribution in [2.24, 2.45) is 11.8 Å². The van der Waals surface area contributed by atoms with Gasteiger partial charge in [0.2, 0.25) is 23.6 Å². The number of halogens is 1. The Morgan fingerprint density at radius 3 is 2.42 bits per heavy atom. The maximum absolute atomic E-state index is 13.2. The lowest BCUT2D eigenvalue weighted by Gasteiger charge is -2.21. The Morgan fingerprint density at radius 2 is 1.70 bits per heavy atom. The van der Waals surface area contributed by atoms with Crippen molar-refractivity contribution in [2.75, 3.05) is 19.8 Å². The van der Waals surface area contributed by atoms with E-state index in [4.69, 9.17) is 9.94 Å². The number of H-pyrrole nitrogens is 1. The average Bonchev–Trinajstić information content (AvgIpc) is 3.39. The van der Waals surface area contributed by atoms with E-state index < -0.39 is 29.7 Å². The first-order chi connectivity index (χ1) is 20.7. The van der Waals surface area contributed by atoms with E-state index >= 15 is 0 Å². The van der Waals surface area contributed by atoms with Crippen LogP contribution in [0.15, 0.2) is 54.7 Å². The third-order valence-electron chi connectivity index (χ3n) is 6.84. The van der Waals surface area contributed by atoms with Crippen LogP contribution >= 0.6 is 22.6 Å². The van der Waals surface area contributed by atoms with Gasteiger partial charge in [0.25, 0.3) is 0 Å². The van der Waals surface area contributed by atoms with Gasteiger partial charge in [0, 0.05) is 58.9 Å². The summed E-state index contributed by atoms with van der Waals surface area (Å²) in [7, 11) is 0. The van der Waals surface area contributed by atoms with Gasteiger partial charge in [-0.05, 0) is 64.3 Å². The van der Waals surface area contributed by atoms with Gasteiger partial charge in [0.15, 0.2) is 0 Å². The molecular formula is C31H40IN5O6. The molecule has 3 rings (SSSR count). The van der Waals surface area contributed by atoms with E-state index in [0.717, 1.165) is 25.6 Å². The van der Waals surface area contributed by atoms with Gasteiger partial charge in [0.05, 0.1) is 13.2 Å². The van der Waals surface area contributed by atoms with Crippen LogP contribution in [-0.4, -0.2) is 59.6 Å². The van der Waals surface area contributed by atoms with Gasteiger partial charge in [0.1, 0.15) is 6.04 Å². The SMILES string of the molecule is CC(C)C[C@H](CC(=O)N[C@@H](Cc1c[nH]c2ccccc12)C(=O)NCCOCCC(=O)NCc1ccc(I)cc1)C(=O)NO. The second-order valence-corrected chi connectivity index (χ2v) is 12.0. The lowest BCUT2D eigenvalue weighted by Crippen LogP contribution is -2.49. The predicted molar refractivity (Wildman–Crippen MR) is 171 cm³/mol. The second kappa shape index (κ2) is 17.6. The highest BCUT2D eigenvalue weighted by Crippen LogP contribution is 2.20. The number of aromatic amines is 1. The number of rotatable bonds is 17. The summed E-state index contributed by atoms with van der Waals surface area (Å²) in [6.45, 7) is 4.86. The Labute approximate surface area is 265 Å². The summed E-state index contributed by atoms with van der Waals surface area (Å²) in [6, 6.07) is 14.7. The van der Waals surface area contributed by atoms with Crippen molar-refractivity contribution >= 4 is 57.1 Å².